The molecule has 1 heterocycles. The van der Waals surface area contributed by atoms with E-state index < -0.39 is 4.92 Å². The Morgan fingerprint density at radius 2 is 2.25 bits per heavy atom. The first-order chi connectivity index (χ1) is 9.54. The standard InChI is InChI=1S/C12H15N5O3/c1-8(12-15-13-7-16(12)2)14-9-5-4-6-10(20-3)11(9)17(18)19/h4-8,14H,1-3H3. The molecule has 20 heavy (non-hydrogen) atoms. The number of nitro groups is 1. The highest BCUT2D eigenvalue weighted by Crippen LogP contribution is 2.35. The van der Waals surface area contributed by atoms with E-state index in [9.17, 15) is 10.1 Å². The molecule has 2 aromatic rings. The van der Waals surface area contributed by atoms with Gasteiger partial charge in [0.05, 0.1) is 18.1 Å². The van der Waals surface area contributed by atoms with Gasteiger partial charge in [0, 0.05) is 7.05 Å². The lowest BCUT2D eigenvalue weighted by atomic mass is 10.2. The zero-order valence-electron chi connectivity index (χ0n) is 11.4. The third kappa shape index (κ3) is 2.53. The Bertz CT molecular complexity index is 625. The van der Waals surface area contributed by atoms with Crippen molar-refractivity contribution >= 4 is 11.4 Å². The molecule has 1 aromatic carbocycles. The predicted octanol–water partition coefficient (Wildman–Crippen LogP) is 1.90. The average molecular weight is 277 g/mol. The number of nitro benzene ring substituents is 1. The topological polar surface area (TPSA) is 95.1 Å². The number of aryl methyl sites for hydroxylation is 1. The van der Waals surface area contributed by atoms with Gasteiger partial charge in [0.25, 0.3) is 0 Å². The Balaban J connectivity index is 2.34. The minimum absolute atomic E-state index is 0.0935. The fourth-order valence-electron chi connectivity index (χ4n) is 1.97. The normalized spacial score (nSPS) is 11.9. The summed E-state index contributed by atoms with van der Waals surface area (Å²) in [4.78, 5) is 10.7. The van der Waals surface area contributed by atoms with Crippen molar-refractivity contribution in [3.05, 3.63) is 40.5 Å². The maximum Gasteiger partial charge on any atom is 0.333 e. The van der Waals surface area contributed by atoms with Crippen LogP contribution in [0.15, 0.2) is 24.5 Å². The quantitative estimate of drug-likeness (QED) is 0.662. The zero-order chi connectivity index (χ0) is 14.7. The molecule has 0 saturated heterocycles. The van der Waals surface area contributed by atoms with Crippen LogP contribution in [0.3, 0.4) is 0 Å². The van der Waals surface area contributed by atoms with Gasteiger partial charge in [-0.3, -0.25) is 10.1 Å². The van der Waals surface area contributed by atoms with E-state index in [1.165, 1.54) is 7.11 Å². The van der Waals surface area contributed by atoms with Gasteiger partial charge in [0.1, 0.15) is 12.0 Å². The highest BCUT2D eigenvalue weighted by Gasteiger charge is 2.22. The molecule has 1 atom stereocenters. The first kappa shape index (κ1) is 13.8. The summed E-state index contributed by atoms with van der Waals surface area (Å²) in [7, 11) is 3.21. The Kier molecular flexibility index (Phi) is 3.83. The van der Waals surface area contributed by atoms with Gasteiger partial charge in [-0.05, 0) is 19.1 Å². The second-order valence-electron chi connectivity index (χ2n) is 4.28. The largest absolute Gasteiger partial charge is 0.490 e. The minimum Gasteiger partial charge on any atom is -0.490 e. The smallest absolute Gasteiger partial charge is 0.333 e. The molecule has 0 bridgehead atoms. The first-order valence-corrected chi connectivity index (χ1v) is 5.96. The third-order valence-corrected chi connectivity index (χ3v) is 2.91. The van der Waals surface area contributed by atoms with Crippen LogP contribution in [0.4, 0.5) is 11.4 Å². The molecule has 2 rings (SSSR count). The Morgan fingerprint density at radius 3 is 2.80 bits per heavy atom. The number of hydrogen-bond acceptors (Lipinski definition) is 6. The van der Waals surface area contributed by atoms with Gasteiger partial charge in [-0.1, -0.05) is 6.07 Å². The highest BCUT2D eigenvalue weighted by atomic mass is 16.6. The van der Waals surface area contributed by atoms with Crippen molar-refractivity contribution in [2.24, 2.45) is 7.05 Å². The summed E-state index contributed by atoms with van der Waals surface area (Å²) in [6.45, 7) is 1.85. The Hall–Kier alpha value is -2.64. The SMILES string of the molecule is COc1cccc(NC(C)c2nncn2C)c1[N+](=O)[O-]. The van der Waals surface area contributed by atoms with E-state index in [0.717, 1.165) is 0 Å². The number of para-hydroxylation sites is 1. The average Bonchev–Trinajstić information content (AvgIpc) is 2.84. The number of rotatable bonds is 5. The van der Waals surface area contributed by atoms with Gasteiger partial charge in [-0.25, -0.2) is 0 Å². The van der Waals surface area contributed by atoms with Crippen molar-refractivity contribution in [2.45, 2.75) is 13.0 Å². The fraction of sp³-hybridized carbons (Fsp3) is 0.333. The van der Waals surface area contributed by atoms with E-state index in [1.54, 1.807) is 29.1 Å². The molecule has 0 fully saturated rings. The van der Waals surface area contributed by atoms with Crippen molar-refractivity contribution in [1.29, 1.82) is 0 Å². The molecule has 0 aliphatic rings. The molecular formula is C12H15N5O3. The number of nitrogens with one attached hydrogen (secondary N) is 1. The third-order valence-electron chi connectivity index (χ3n) is 2.91. The summed E-state index contributed by atoms with van der Waals surface area (Å²) < 4.78 is 6.78. The predicted molar refractivity (Wildman–Crippen MR) is 72.7 cm³/mol. The van der Waals surface area contributed by atoms with Crippen LogP contribution < -0.4 is 10.1 Å². The summed E-state index contributed by atoms with van der Waals surface area (Å²) in [5.41, 5.74) is 0.286. The highest BCUT2D eigenvalue weighted by molar-refractivity contribution is 5.68. The summed E-state index contributed by atoms with van der Waals surface area (Å²) >= 11 is 0. The van der Waals surface area contributed by atoms with E-state index in [2.05, 4.69) is 15.5 Å². The van der Waals surface area contributed by atoms with Crippen LogP contribution >= 0.6 is 0 Å². The van der Waals surface area contributed by atoms with Crippen LogP contribution in [0.5, 0.6) is 5.75 Å². The number of benzene rings is 1. The van der Waals surface area contributed by atoms with Gasteiger partial charge in [-0.2, -0.15) is 0 Å². The Labute approximate surface area is 115 Å². The second-order valence-corrected chi connectivity index (χ2v) is 4.28. The summed E-state index contributed by atoms with van der Waals surface area (Å²) in [6, 6.07) is 4.65. The number of hydrogen-bond donors (Lipinski definition) is 1. The molecule has 8 nitrogen and oxygen atoms in total. The zero-order valence-corrected chi connectivity index (χ0v) is 11.4. The minimum atomic E-state index is -0.468. The molecule has 106 valence electrons. The van der Waals surface area contributed by atoms with Crippen molar-refractivity contribution in [3.63, 3.8) is 0 Å². The number of anilines is 1. The van der Waals surface area contributed by atoms with E-state index >= 15 is 0 Å². The maximum absolute atomic E-state index is 11.2. The van der Waals surface area contributed by atoms with Crippen molar-refractivity contribution < 1.29 is 9.66 Å². The van der Waals surface area contributed by atoms with Crippen molar-refractivity contribution in [2.75, 3.05) is 12.4 Å². The molecule has 0 saturated carbocycles. The van der Waals surface area contributed by atoms with Crippen LogP contribution in [0, 0.1) is 10.1 Å². The molecule has 1 N–H and O–H groups in total. The lowest BCUT2D eigenvalue weighted by molar-refractivity contribution is -0.384. The van der Waals surface area contributed by atoms with Gasteiger partial charge >= 0.3 is 5.69 Å². The van der Waals surface area contributed by atoms with Gasteiger partial charge in [-0.15, -0.1) is 10.2 Å². The summed E-state index contributed by atoms with van der Waals surface area (Å²) in [6.07, 6.45) is 1.58. The molecule has 0 amide bonds. The summed E-state index contributed by atoms with van der Waals surface area (Å²) in [5.74, 6) is 0.896. The lowest BCUT2D eigenvalue weighted by Gasteiger charge is -2.15. The maximum atomic E-state index is 11.2. The van der Waals surface area contributed by atoms with Crippen molar-refractivity contribution in [3.8, 4) is 5.75 Å². The van der Waals surface area contributed by atoms with Crippen LogP contribution in [0.25, 0.3) is 0 Å². The molecule has 8 heteroatoms. The lowest BCUT2D eigenvalue weighted by Crippen LogP contribution is -2.13. The van der Waals surface area contributed by atoms with Crippen molar-refractivity contribution in [1.82, 2.24) is 14.8 Å². The fourth-order valence-corrected chi connectivity index (χ4v) is 1.97. The molecular weight excluding hydrogens is 262 g/mol. The van der Waals surface area contributed by atoms with Crippen LogP contribution in [-0.4, -0.2) is 26.8 Å². The number of ether oxygens (including phenoxy) is 1. The molecule has 0 aliphatic heterocycles. The number of methoxy groups -OCH3 is 1. The van der Waals surface area contributed by atoms with Crippen LogP contribution in [0.1, 0.15) is 18.8 Å². The first-order valence-electron chi connectivity index (χ1n) is 5.96. The monoisotopic (exact) mass is 277 g/mol. The van der Waals surface area contributed by atoms with Crippen LogP contribution in [-0.2, 0) is 7.05 Å². The molecule has 0 radical (unpaired) electrons. The molecule has 1 aromatic heterocycles. The van der Waals surface area contributed by atoms with E-state index in [0.29, 0.717) is 11.5 Å². The molecule has 0 spiro atoms. The number of nitrogens with zero attached hydrogens (tertiary/aromatic N) is 4. The van der Waals surface area contributed by atoms with Gasteiger partial charge in [0.15, 0.2) is 11.6 Å². The van der Waals surface area contributed by atoms with E-state index in [4.69, 9.17) is 4.74 Å². The molecule has 1 unspecified atom stereocenters. The van der Waals surface area contributed by atoms with E-state index in [-0.39, 0.29) is 17.5 Å². The number of aromatic nitrogens is 3. The van der Waals surface area contributed by atoms with Crippen LogP contribution in [0.2, 0.25) is 0 Å². The second kappa shape index (κ2) is 5.55. The van der Waals surface area contributed by atoms with Gasteiger partial charge < -0.3 is 14.6 Å². The summed E-state index contributed by atoms with van der Waals surface area (Å²) in [5, 5.41) is 22.0. The molecule has 0 aliphatic carbocycles. The van der Waals surface area contributed by atoms with E-state index in [1.807, 2.05) is 14.0 Å². The van der Waals surface area contributed by atoms with Gasteiger partial charge in [0.2, 0.25) is 0 Å². The Morgan fingerprint density at radius 1 is 1.50 bits per heavy atom.